The lowest BCUT2D eigenvalue weighted by molar-refractivity contribution is -0.121. The summed E-state index contributed by atoms with van der Waals surface area (Å²) in [7, 11) is 0. The minimum atomic E-state index is -0.817. The zero-order valence-corrected chi connectivity index (χ0v) is 21.8. The smallest absolute Gasteiger partial charge is 0.350 e. The number of aromatic nitrogens is 3. The topological polar surface area (TPSA) is 75.4 Å². The molecule has 0 saturated carbocycles. The van der Waals surface area contributed by atoms with Crippen molar-refractivity contribution in [2.75, 3.05) is 36.4 Å². The Morgan fingerprint density at radius 1 is 0.897 bits per heavy atom. The van der Waals surface area contributed by atoms with E-state index in [9.17, 15) is 18.4 Å². The van der Waals surface area contributed by atoms with Crippen LogP contribution in [0.15, 0.2) is 83.9 Å². The van der Waals surface area contributed by atoms with Gasteiger partial charge in [-0.2, -0.15) is 5.10 Å². The number of halogens is 2. The lowest BCUT2D eigenvalue weighted by Gasteiger charge is -2.39. The number of amides is 1. The van der Waals surface area contributed by atoms with Gasteiger partial charge in [0.1, 0.15) is 24.0 Å². The summed E-state index contributed by atoms with van der Waals surface area (Å²) in [6.07, 6.45) is 1.53. The molecule has 0 bridgehead atoms. The highest BCUT2D eigenvalue weighted by Gasteiger charge is 2.31. The lowest BCUT2D eigenvalue weighted by atomic mass is 10.0. The van der Waals surface area contributed by atoms with E-state index in [0.717, 1.165) is 29.1 Å². The molecule has 8 nitrogen and oxygen atoms in total. The monoisotopic (exact) mass is 532 g/mol. The van der Waals surface area contributed by atoms with Gasteiger partial charge in [-0.25, -0.2) is 22.8 Å². The number of carbonyl (C=O) groups is 1. The summed E-state index contributed by atoms with van der Waals surface area (Å²) in [4.78, 5) is 30.3. The van der Waals surface area contributed by atoms with Crippen LogP contribution in [0.4, 0.5) is 20.2 Å². The predicted molar refractivity (Wildman–Crippen MR) is 146 cm³/mol. The van der Waals surface area contributed by atoms with Crippen molar-refractivity contribution in [2.24, 2.45) is 0 Å². The van der Waals surface area contributed by atoms with E-state index in [1.165, 1.54) is 21.6 Å². The number of carbonyl (C=O) groups excluding carboxylic acids is 1. The van der Waals surface area contributed by atoms with E-state index in [-0.39, 0.29) is 23.3 Å². The summed E-state index contributed by atoms with van der Waals surface area (Å²) in [5, 5.41) is 6.82. The largest absolute Gasteiger partial charge is 0.369 e. The molecule has 1 amide bonds. The van der Waals surface area contributed by atoms with Crippen LogP contribution in [-0.4, -0.2) is 51.3 Å². The Labute approximate surface area is 225 Å². The zero-order valence-electron chi connectivity index (χ0n) is 21.8. The van der Waals surface area contributed by atoms with E-state index in [1.807, 2.05) is 68.4 Å². The van der Waals surface area contributed by atoms with Gasteiger partial charge in [0.05, 0.1) is 17.4 Å². The van der Waals surface area contributed by atoms with Crippen molar-refractivity contribution in [1.29, 1.82) is 0 Å². The van der Waals surface area contributed by atoms with E-state index >= 15 is 0 Å². The highest BCUT2D eigenvalue weighted by atomic mass is 19.1. The highest BCUT2D eigenvalue weighted by molar-refractivity contribution is 5.95. The summed E-state index contributed by atoms with van der Waals surface area (Å²) in [6.45, 7) is 6.36. The van der Waals surface area contributed by atoms with E-state index < -0.39 is 17.7 Å². The first-order valence-electron chi connectivity index (χ1n) is 12.9. The fraction of sp³-hybridized carbons (Fsp3) is 0.276. The molecular weight excluding hydrogens is 502 g/mol. The van der Waals surface area contributed by atoms with Crippen molar-refractivity contribution >= 4 is 17.3 Å². The van der Waals surface area contributed by atoms with E-state index in [1.54, 1.807) is 0 Å². The van der Waals surface area contributed by atoms with Crippen molar-refractivity contribution in [3.05, 3.63) is 107 Å². The molecular formula is C29H30F2N6O2. The van der Waals surface area contributed by atoms with Crippen LogP contribution in [0.5, 0.6) is 0 Å². The van der Waals surface area contributed by atoms with E-state index in [0.29, 0.717) is 26.2 Å². The molecule has 1 unspecified atom stereocenters. The van der Waals surface area contributed by atoms with Crippen molar-refractivity contribution in [2.45, 2.75) is 25.9 Å². The zero-order chi connectivity index (χ0) is 27.5. The lowest BCUT2D eigenvalue weighted by Crippen LogP contribution is -2.50. The van der Waals surface area contributed by atoms with Crippen LogP contribution >= 0.6 is 0 Å². The molecule has 5 rings (SSSR count). The van der Waals surface area contributed by atoms with Crippen molar-refractivity contribution in [3.63, 3.8) is 0 Å². The van der Waals surface area contributed by atoms with Crippen molar-refractivity contribution in [3.8, 4) is 5.69 Å². The Hall–Kier alpha value is -4.31. The molecule has 3 aromatic carbocycles. The third-order valence-electron chi connectivity index (χ3n) is 6.91. The summed E-state index contributed by atoms with van der Waals surface area (Å²) < 4.78 is 30.6. The first-order chi connectivity index (χ1) is 18.8. The van der Waals surface area contributed by atoms with Gasteiger partial charge in [0.15, 0.2) is 0 Å². The molecule has 1 aliphatic heterocycles. The van der Waals surface area contributed by atoms with Crippen molar-refractivity contribution < 1.29 is 13.6 Å². The predicted octanol–water partition coefficient (Wildman–Crippen LogP) is 4.40. The second-order valence-corrected chi connectivity index (χ2v) is 9.79. The number of benzene rings is 3. The summed E-state index contributed by atoms with van der Waals surface area (Å²) in [6, 6.07) is 19.5. The van der Waals surface area contributed by atoms with E-state index in [2.05, 4.69) is 20.2 Å². The maximum absolute atomic E-state index is 14.3. The second-order valence-electron chi connectivity index (χ2n) is 9.79. The molecule has 2 heterocycles. The summed E-state index contributed by atoms with van der Waals surface area (Å²) >= 11 is 0. The SMILES string of the molecule is CC(C)n1ncn(-c2ccc(N3CCN(C(C(=O)Nc4ccc(F)cc4F)c4ccccc4)CC3)cc2)c1=O. The molecule has 39 heavy (non-hydrogen) atoms. The molecule has 10 heteroatoms. The fourth-order valence-corrected chi connectivity index (χ4v) is 4.87. The standard InChI is InChI=1S/C29H30F2N6O2/c1-20(2)37-29(39)36(19-32-37)24-11-9-23(10-12-24)34-14-16-35(17-15-34)27(21-6-4-3-5-7-21)28(38)33-26-13-8-22(30)18-25(26)31/h3-13,18-20,27H,14-17H2,1-2H3,(H,33,38). The van der Waals surface area contributed by atoms with Gasteiger partial charge in [-0.15, -0.1) is 0 Å². The van der Waals surface area contributed by atoms with Crippen LogP contribution in [0.1, 0.15) is 31.5 Å². The van der Waals surface area contributed by atoms with Gasteiger partial charge in [-0.3, -0.25) is 9.69 Å². The van der Waals surface area contributed by atoms with Gasteiger partial charge in [0, 0.05) is 37.9 Å². The van der Waals surface area contributed by atoms with Crippen LogP contribution in [0.25, 0.3) is 5.69 Å². The molecule has 1 aliphatic rings. The fourth-order valence-electron chi connectivity index (χ4n) is 4.87. The van der Waals surface area contributed by atoms with Gasteiger partial charge in [-0.1, -0.05) is 30.3 Å². The first kappa shape index (κ1) is 26.3. The van der Waals surface area contributed by atoms with Gasteiger partial charge >= 0.3 is 5.69 Å². The third-order valence-corrected chi connectivity index (χ3v) is 6.91. The average Bonchev–Trinajstić information content (AvgIpc) is 3.33. The molecule has 4 aromatic rings. The van der Waals surface area contributed by atoms with Crippen molar-refractivity contribution in [1.82, 2.24) is 19.2 Å². The third kappa shape index (κ3) is 5.61. The number of nitrogens with zero attached hydrogens (tertiary/aromatic N) is 5. The number of piperazine rings is 1. The first-order valence-corrected chi connectivity index (χ1v) is 12.9. The van der Waals surface area contributed by atoms with Crippen LogP contribution < -0.4 is 15.9 Å². The molecule has 1 saturated heterocycles. The maximum atomic E-state index is 14.3. The molecule has 0 radical (unpaired) electrons. The Bertz CT molecular complexity index is 1490. The molecule has 1 atom stereocenters. The number of nitrogens with one attached hydrogen (secondary N) is 1. The summed E-state index contributed by atoms with van der Waals surface area (Å²) in [5.74, 6) is -1.90. The van der Waals surface area contributed by atoms with Gasteiger partial charge < -0.3 is 10.2 Å². The van der Waals surface area contributed by atoms with Crippen LogP contribution in [0, 0.1) is 11.6 Å². The Balaban J connectivity index is 1.29. The molecule has 202 valence electrons. The number of hydrogen-bond acceptors (Lipinski definition) is 5. The van der Waals surface area contributed by atoms with E-state index in [4.69, 9.17) is 0 Å². The van der Waals surface area contributed by atoms with Gasteiger partial charge in [0.25, 0.3) is 0 Å². The van der Waals surface area contributed by atoms with Crippen LogP contribution in [0.3, 0.4) is 0 Å². The minimum Gasteiger partial charge on any atom is -0.369 e. The Kier molecular flexibility index (Phi) is 7.56. The normalized spacial score (nSPS) is 14.9. The Morgan fingerprint density at radius 3 is 2.18 bits per heavy atom. The molecule has 1 aromatic heterocycles. The second kappa shape index (κ2) is 11.2. The quantitative estimate of drug-likeness (QED) is 0.382. The van der Waals surface area contributed by atoms with Gasteiger partial charge in [0.2, 0.25) is 5.91 Å². The average molecular weight is 533 g/mol. The van der Waals surface area contributed by atoms with Crippen LogP contribution in [-0.2, 0) is 4.79 Å². The summed E-state index contributed by atoms with van der Waals surface area (Å²) in [5.41, 5.74) is 2.30. The highest BCUT2D eigenvalue weighted by Crippen LogP contribution is 2.27. The Morgan fingerprint density at radius 2 is 1.56 bits per heavy atom. The molecule has 0 spiro atoms. The molecule has 1 N–H and O–H groups in total. The minimum absolute atomic E-state index is 0.0224. The number of anilines is 2. The molecule has 1 fully saturated rings. The number of rotatable bonds is 7. The number of hydrogen-bond donors (Lipinski definition) is 1. The van der Waals surface area contributed by atoms with Crippen LogP contribution in [0.2, 0.25) is 0 Å². The van der Waals surface area contributed by atoms with Gasteiger partial charge in [-0.05, 0) is 55.8 Å². The molecule has 0 aliphatic carbocycles. The maximum Gasteiger partial charge on any atom is 0.350 e.